The molecule has 1 aromatic heterocycles. The Kier molecular flexibility index (Phi) is 4.24. The molecule has 0 aliphatic rings. The van der Waals surface area contributed by atoms with Gasteiger partial charge in [-0.05, 0) is 37.6 Å². The number of rotatable bonds is 6. The van der Waals surface area contributed by atoms with Crippen molar-refractivity contribution in [2.45, 2.75) is 20.4 Å². The van der Waals surface area contributed by atoms with E-state index in [1.54, 1.807) is 6.07 Å². The maximum absolute atomic E-state index is 10.5. The van der Waals surface area contributed by atoms with E-state index in [1.807, 2.05) is 32.0 Å². The first-order valence-electron chi connectivity index (χ1n) is 6.30. The largest absolute Gasteiger partial charge is 0.492 e. The fourth-order valence-electron chi connectivity index (χ4n) is 1.79. The van der Waals surface area contributed by atoms with E-state index >= 15 is 0 Å². The van der Waals surface area contributed by atoms with Gasteiger partial charge in [-0.25, -0.2) is 0 Å². The minimum Gasteiger partial charge on any atom is -0.492 e. The zero-order chi connectivity index (χ0) is 14.5. The number of nitrogens with zero attached hydrogens (tertiary/aromatic N) is 1. The van der Waals surface area contributed by atoms with Crippen LogP contribution in [0.5, 0.6) is 5.75 Å². The summed E-state index contributed by atoms with van der Waals surface area (Å²) in [6.45, 7) is 4.84. The number of aryl methyl sites for hydroxylation is 1. The Morgan fingerprint density at radius 1 is 1.35 bits per heavy atom. The fraction of sp³-hybridized carbons (Fsp3) is 0.286. The van der Waals surface area contributed by atoms with Gasteiger partial charge < -0.3 is 14.5 Å². The number of anilines is 1. The molecular formula is C14H16N2O4. The Bertz CT molecular complexity index is 607. The topological polar surface area (TPSA) is 77.5 Å². The molecule has 0 fully saturated rings. The van der Waals surface area contributed by atoms with Gasteiger partial charge in [0, 0.05) is 0 Å². The SMILES string of the molecule is CCOc1cc(C)ccc1NCc1ccc([N+](=O)[O-])o1. The molecule has 1 aromatic carbocycles. The average Bonchev–Trinajstić information content (AvgIpc) is 2.87. The van der Waals surface area contributed by atoms with Crippen LogP contribution in [0.15, 0.2) is 34.7 Å². The van der Waals surface area contributed by atoms with Gasteiger partial charge in [-0.3, -0.25) is 10.1 Å². The van der Waals surface area contributed by atoms with E-state index in [4.69, 9.17) is 9.15 Å². The third-order valence-corrected chi connectivity index (χ3v) is 2.72. The smallest absolute Gasteiger partial charge is 0.433 e. The van der Waals surface area contributed by atoms with Gasteiger partial charge in [-0.1, -0.05) is 6.07 Å². The minimum absolute atomic E-state index is 0.254. The van der Waals surface area contributed by atoms with Crippen LogP contribution < -0.4 is 10.1 Å². The molecule has 6 heteroatoms. The second-order valence-electron chi connectivity index (χ2n) is 4.28. The molecule has 0 saturated carbocycles. The lowest BCUT2D eigenvalue weighted by Gasteiger charge is -2.12. The summed E-state index contributed by atoms with van der Waals surface area (Å²) >= 11 is 0. The Morgan fingerprint density at radius 2 is 2.15 bits per heavy atom. The second kappa shape index (κ2) is 6.10. The zero-order valence-electron chi connectivity index (χ0n) is 11.4. The van der Waals surface area contributed by atoms with Gasteiger partial charge in [0.15, 0.2) is 0 Å². The van der Waals surface area contributed by atoms with Crippen LogP contribution in [0, 0.1) is 17.0 Å². The molecule has 0 unspecified atom stereocenters. The van der Waals surface area contributed by atoms with Crippen LogP contribution in [-0.2, 0) is 6.54 Å². The molecule has 6 nitrogen and oxygen atoms in total. The Labute approximate surface area is 116 Å². The van der Waals surface area contributed by atoms with Crippen LogP contribution in [0.2, 0.25) is 0 Å². The standard InChI is InChI=1S/C14H16N2O4/c1-3-19-13-8-10(2)4-6-12(13)15-9-11-5-7-14(20-11)16(17)18/h4-8,15H,3,9H2,1-2H3. The molecule has 20 heavy (non-hydrogen) atoms. The molecule has 106 valence electrons. The first kappa shape index (κ1) is 13.9. The average molecular weight is 276 g/mol. The van der Waals surface area contributed by atoms with Gasteiger partial charge in [0.05, 0.1) is 24.9 Å². The highest BCUT2D eigenvalue weighted by atomic mass is 16.6. The Morgan fingerprint density at radius 3 is 2.80 bits per heavy atom. The summed E-state index contributed by atoms with van der Waals surface area (Å²) in [5, 5.41) is 13.7. The molecule has 0 saturated heterocycles. The number of furan rings is 1. The lowest BCUT2D eigenvalue weighted by atomic mass is 10.2. The highest BCUT2D eigenvalue weighted by Gasteiger charge is 2.12. The summed E-state index contributed by atoms with van der Waals surface area (Å²) < 4.78 is 10.6. The van der Waals surface area contributed by atoms with E-state index in [0.717, 1.165) is 17.0 Å². The number of nitro groups is 1. The lowest BCUT2D eigenvalue weighted by molar-refractivity contribution is -0.402. The van der Waals surface area contributed by atoms with Crippen LogP contribution >= 0.6 is 0 Å². The van der Waals surface area contributed by atoms with E-state index in [9.17, 15) is 10.1 Å². The lowest BCUT2D eigenvalue weighted by Crippen LogP contribution is -2.02. The maximum atomic E-state index is 10.5. The number of hydrogen-bond donors (Lipinski definition) is 1. The maximum Gasteiger partial charge on any atom is 0.433 e. The molecule has 0 aliphatic carbocycles. The zero-order valence-corrected chi connectivity index (χ0v) is 11.4. The van der Waals surface area contributed by atoms with Crippen LogP contribution in [0.3, 0.4) is 0 Å². The third-order valence-electron chi connectivity index (χ3n) is 2.72. The normalized spacial score (nSPS) is 10.3. The first-order chi connectivity index (χ1) is 9.60. The minimum atomic E-state index is -0.555. The summed E-state index contributed by atoms with van der Waals surface area (Å²) in [6, 6.07) is 8.75. The van der Waals surface area contributed by atoms with E-state index in [0.29, 0.717) is 18.9 Å². The van der Waals surface area contributed by atoms with Crippen molar-refractivity contribution in [1.29, 1.82) is 0 Å². The van der Waals surface area contributed by atoms with Gasteiger partial charge >= 0.3 is 5.88 Å². The molecule has 0 atom stereocenters. The highest BCUT2D eigenvalue weighted by molar-refractivity contribution is 5.57. The molecule has 1 N–H and O–H groups in total. The van der Waals surface area contributed by atoms with Gasteiger partial charge in [-0.15, -0.1) is 0 Å². The summed E-state index contributed by atoms with van der Waals surface area (Å²) in [6.07, 6.45) is 0. The van der Waals surface area contributed by atoms with Crippen LogP contribution in [0.25, 0.3) is 0 Å². The summed E-state index contributed by atoms with van der Waals surface area (Å²) in [5.74, 6) is 1.00. The van der Waals surface area contributed by atoms with E-state index in [-0.39, 0.29) is 5.88 Å². The molecule has 0 bridgehead atoms. The van der Waals surface area contributed by atoms with E-state index < -0.39 is 4.92 Å². The summed E-state index contributed by atoms with van der Waals surface area (Å²) in [5.41, 5.74) is 1.93. The van der Waals surface area contributed by atoms with Crippen molar-refractivity contribution in [3.8, 4) is 5.75 Å². The van der Waals surface area contributed by atoms with Crippen molar-refractivity contribution in [2.24, 2.45) is 0 Å². The molecule has 0 spiro atoms. The monoisotopic (exact) mass is 276 g/mol. The number of benzene rings is 1. The van der Waals surface area contributed by atoms with Gasteiger partial charge in [-0.2, -0.15) is 0 Å². The number of hydrogen-bond acceptors (Lipinski definition) is 5. The molecular weight excluding hydrogens is 260 g/mol. The van der Waals surface area contributed by atoms with Crippen molar-refractivity contribution in [1.82, 2.24) is 0 Å². The molecule has 0 amide bonds. The molecule has 2 rings (SSSR count). The van der Waals surface area contributed by atoms with Crippen molar-refractivity contribution < 1.29 is 14.1 Å². The van der Waals surface area contributed by atoms with Crippen molar-refractivity contribution in [2.75, 3.05) is 11.9 Å². The predicted octanol–water partition coefficient (Wildman–Crippen LogP) is 3.51. The molecule has 2 aromatic rings. The van der Waals surface area contributed by atoms with Crippen molar-refractivity contribution >= 4 is 11.6 Å². The van der Waals surface area contributed by atoms with Crippen molar-refractivity contribution in [3.63, 3.8) is 0 Å². The van der Waals surface area contributed by atoms with Crippen LogP contribution in [-0.4, -0.2) is 11.5 Å². The fourth-order valence-corrected chi connectivity index (χ4v) is 1.79. The number of nitrogens with one attached hydrogen (secondary N) is 1. The Balaban J connectivity index is 2.07. The quantitative estimate of drug-likeness (QED) is 0.645. The molecule has 1 heterocycles. The number of ether oxygens (including phenoxy) is 1. The van der Waals surface area contributed by atoms with Crippen molar-refractivity contribution in [3.05, 3.63) is 51.8 Å². The molecule has 0 radical (unpaired) electrons. The predicted molar refractivity (Wildman–Crippen MR) is 75.0 cm³/mol. The van der Waals surface area contributed by atoms with Gasteiger partial charge in [0.25, 0.3) is 0 Å². The highest BCUT2D eigenvalue weighted by Crippen LogP contribution is 2.26. The second-order valence-corrected chi connectivity index (χ2v) is 4.28. The van der Waals surface area contributed by atoms with Crippen LogP contribution in [0.4, 0.5) is 11.6 Å². The first-order valence-corrected chi connectivity index (χ1v) is 6.30. The van der Waals surface area contributed by atoms with Gasteiger partial charge in [0.2, 0.25) is 0 Å². The van der Waals surface area contributed by atoms with E-state index in [2.05, 4.69) is 5.32 Å². The van der Waals surface area contributed by atoms with E-state index in [1.165, 1.54) is 6.07 Å². The third kappa shape index (κ3) is 3.28. The summed E-state index contributed by atoms with van der Waals surface area (Å²) in [4.78, 5) is 9.98. The molecule has 0 aliphatic heterocycles. The van der Waals surface area contributed by atoms with Gasteiger partial charge in [0.1, 0.15) is 16.4 Å². The van der Waals surface area contributed by atoms with Crippen LogP contribution in [0.1, 0.15) is 18.2 Å². The Hall–Kier alpha value is -2.50. The summed E-state index contributed by atoms with van der Waals surface area (Å²) in [7, 11) is 0.